The maximum absolute atomic E-state index is 12.4. The molecule has 0 aliphatic rings. The smallest absolute Gasteiger partial charge is 0.246 e. The molecule has 0 heterocycles. The van der Waals surface area contributed by atoms with E-state index in [1.807, 2.05) is 18.7 Å². The van der Waals surface area contributed by atoms with Crippen LogP contribution in [0.1, 0.15) is 20.3 Å². The quantitative estimate of drug-likeness (QED) is 0.590. The SMILES string of the molecule is C=CCNC(=S)N(CCC)[C@H](C)C(=O)Nc1cccc(Cl)c1. The highest BCUT2D eigenvalue weighted by molar-refractivity contribution is 7.80. The molecule has 6 heteroatoms. The molecule has 0 unspecified atom stereocenters. The van der Waals surface area contributed by atoms with Crippen molar-refractivity contribution in [1.29, 1.82) is 0 Å². The van der Waals surface area contributed by atoms with Crippen LogP contribution in [-0.2, 0) is 4.79 Å². The molecule has 1 aromatic rings. The highest BCUT2D eigenvalue weighted by Crippen LogP contribution is 2.15. The van der Waals surface area contributed by atoms with Gasteiger partial charge in [-0.3, -0.25) is 4.79 Å². The number of thiocarbonyl (C=S) groups is 1. The number of benzene rings is 1. The average molecular weight is 340 g/mol. The van der Waals surface area contributed by atoms with Crippen LogP contribution in [0.4, 0.5) is 5.69 Å². The van der Waals surface area contributed by atoms with Crippen LogP contribution in [0.3, 0.4) is 0 Å². The molecule has 0 fully saturated rings. The van der Waals surface area contributed by atoms with Crippen LogP contribution in [-0.4, -0.2) is 35.1 Å². The minimum atomic E-state index is -0.385. The number of hydrogen-bond acceptors (Lipinski definition) is 2. The molecule has 1 atom stereocenters. The molecule has 0 radical (unpaired) electrons. The van der Waals surface area contributed by atoms with Crippen LogP contribution < -0.4 is 10.6 Å². The normalized spacial score (nSPS) is 11.4. The van der Waals surface area contributed by atoms with Crippen molar-refractivity contribution in [3.8, 4) is 0 Å². The third kappa shape index (κ3) is 5.66. The topological polar surface area (TPSA) is 44.4 Å². The molecular weight excluding hydrogens is 318 g/mol. The minimum absolute atomic E-state index is 0.126. The molecule has 22 heavy (non-hydrogen) atoms. The largest absolute Gasteiger partial charge is 0.359 e. The van der Waals surface area contributed by atoms with Gasteiger partial charge < -0.3 is 15.5 Å². The molecule has 0 spiro atoms. The lowest BCUT2D eigenvalue weighted by molar-refractivity contribution is -0.119. The fraction of sp³-hybridized carbons (Fsp3) is 0.375. The Bertz CT molecular complexity index is 536. The number of nitrogens with one attached hydrogen (secondary N) is 2. The number of carbonyl (C=O) groups is 1. The lowest BCUT2D eigenvalue weighted by Gasteiger charge is -2.30. The Hall–Kier alpha value is -1.59. The molecule has 0 aliphatic carbocycles. The second kappa shape index (κ2) is 9.43. The molecule has 0 aromatic heterocycles. The summed E-state index contributed by atoms with van der Waals surface area (Å²) in [6.45, 7) is 8.80. The predicted octanol–water partition coefficient (Wildman–Crippen LogP) is 3.44. The van der Waals surface area contributed by atoms with Crippen molar-refractivity contribution in [1.82, 2.24) is 10.2 Å². The van der Waals surface area contributed by atoms with Crippen LogP contribution in [0.5, 0.6) is 0 Å². The second-order valence-corrected chi connectivity index (χ2v) is 5.67. The third-order valence-electron chi connectivity index (χ3n) is 3.06. The molecule has 1 amide bonds. The number of halogens is 1. The van der Waals surface area contributed by atoms with Crippen molar-refractivity contribution in [2.45, 2.75) is 26.3 Å². The Balaban J connectivity index is 2.75. The van der Waals surface area contributed by atoms with Gasteiger partial charge in [0.15, 0.2) is 5.11 Å². The zero-order chi connectivity index (χ0) is 16.5. The summed E-state index contributed by atoms with van der Waals surface area (Å²) in [6.07, 6.45) is 2.62. The summed E-state index contributed by atoms with van der Waals surface area (Å²) in [5.74, 6) is -0.126. The molecule has 120 valence electrons. The fourth-order valence-electron chi connectivity index (χ4n) is 1.93. The summed E-state index contributed by atoms with van der Waals surface area (Å²) in [5, 5.41) is 7.06. The number of nitrogens with zero attached hydrogens (tertiary/aromatic N) is 1. The van der Waals surface area contributed by atoms with E-state index >= 15 is 0 Å². The van der Waals surface area contributed by atoms with Gasteiger partial charge >= 0.3 is 0 Å². The van der Waals surface area contributed by atoms with Gasteiger partial charge in [0.2, 0.25) is 5.91 Å². The summed E-state index contributed by atoms with van der Waals surface area (Å²) in [6, 6.07) is 6.68. The van der Waals surface area contributed by atoms with E-state index in [1.54, 1.807) is 30.3 Å². The molecule has 0 saturated heterocycles. The van der Waals surface area contributed by atoms with E-state index in [-0.39, 0.29) is 11.9 Å². The number of hydrogen-bond donors (Lipinski definition) is 2. The van der Waals surface area contributed by atoms with Gasteiger partial charge in [0.05, 0.1) is 0 Å². The highest BCUT2D eigenvalue weighted by Gasteiger charge is 2.22. The van der Waals surface area contributed by atoms with Crippen molar-refractivity contribution in [3.05, 3.63) is 41.9 Å². The van der Waals surface area contributed by atoms with E-state index in [0.29, 0.717) is 28.9 Å². The fourth-order valence-corrected chi connectivity index (χ4v) is 2.45. The first kappa shape index (κ1) is 18.5. The van der Waals surface area contributed by atoms with Gasteiger partial charge in [0.1, 0.15) is 6.04 Å². The van der Waals surface area contributed by atoms with Gasteiger partial charge in [-0.25, -0.2) is 0 Å². The van der Waals surface area contributed by atoms with Crippen molar-refractivity contribution >= 4 is 40.5 Å². The van der Waals surface area contributed by atoms with E-state index < -0.39 is 0 Å². The summed E-state index contributed by atoms with van der Waals surface area (Å²) in [5.41, 5.74) is 0.672. The zero-order valence-electron chi connectivity index (χ0n) is 12.9. The van der Waals surface area contributed by atoms with E-state index in [0.717, 1.165) is 6.42 Å². The molecule has 1 aromatic carbocycles. The first-order valence-electron chi connectivity index (χ1n) is 7.21. The minimum Gasteiger partial charge on any atom is -0.359 e. The molecule has 0 bridgehead atoms. The predicted molar refractivity (Wildman–Crippen MR) is 97.3 cm³/mol. The summed E-state index contributed by atoms with van der Waals surface area (Å²) in [4.78, 5) is 14.3. The van der Waals surface area contributed by atoms with Crippen molar-refractivity contribution in [2.24, 2.45) is 0 Å². The van der Waals surface area contributed by atoms with Gasteiger partial charge in [0.25, 0.3) is 0 Å². The molecule has 4 nitrogen and oxygen atoms in total. The molecule has 2 N–H and O–H groups in total. The Kier molecular flexibility index (Phi) is 7.91. The molecule has 0 aliphatic heterocycles. The van der Waals surface area contributed by atoms with Crippen LogP contribution in [0, 0.1) is 0 Å². The summed E-state index contributed by atoms with van der Waals surface area (Å²) in [7, 11) is 0. The van der Waals surface area contributed by atoms with Crippen LogP contribution in [0.25, 0.3) is 0 Å². The molecule has 0 saturated carbocycles. The third-order valence-corrected chi connectivity index (χ3v) is 3.68. The monoisotopic (exact) mass is 339 g/mol. The number of carbonyl (C=O) groups excluding carboxylic acids is 1. The standard InChI is InChI=1S/C16H22ClN3OS/c1-4-9-18-16(22)20(10-5-2)12(3)15(21)19-14-8-6-7-13(17)11-14/h4,6-8,11-12H,1,5,9-10H2,2-3H3,(H,18,22)(H,19,21)/t12-/m1/s1. The average Bonchev–Trinajstić information content (AvgIpc) is 2.49. The van der Waals surface area contributed by atoms with Crippen LogP contribution in [0.15, 0.2) is 36.9 Å². The highest BCUT2D eigenvalue weighted by atomic mass is 35.5. The molecule has 1 rings (SSSR count). The van der Waals surface area contributed by atoms with Crippen LogP contribution in [0.2, 0.25) is 5.02 Å². The second-order valence-electron chi connectivity index (χ2n) is 4.84. The van der Waals surface area contributed by atoms with Crippen LogP contribution >= 0.6 is 23.8 Å². The first-order chi connectivity index (χ1) is 10.5. The lowest BCUT2D eigenvalue weighted by Crippen LogP contribution is -2.50. The van der Waals surface area contributed by atoms with Gasteiger partial charge in [0, 0.05) is 23.8 Å². The zero-order valence-corrected chi connectivity index (χ0v) is 14.5. The Morgan fingerprint density at radius 3 is 2.86 bits per heavy atom. The van der Waals surface area contributed by atoms with Gasteiger partial charge in [-0.15, -0.1) is 6.58 Å². The van der Waals surface area contributed by atoms with Gasteiger partial charge in [-0.2, -0.15) is 0 Å². The van der Waals surface area contributed by atoms with E-state index in [2.05, 4.69) is 17.2 Å². The maximum atomic E-state index is 12.4. The van der Waals surface area contributed by atoms with Crippen molar-refractivity contribution < 1.29 is 4.79 Å². The van der Waals surface area contributed by atoms with Crippen molar-refractivity contribution in [3.63, 3.8) is 0 Å². The first-order valence-corrected chi connectivity index (χ1v) is 8.00. The van der Waals surface area contributed by atoms with E-state index in [4.69, 9.17) is 23.8 Å². The number of amides is 1. The Morgan fingerprint density at radius 1 is 1.55 bits per heavy atom. The number of anilines is 1. The van der Waals surface area contributed by atoms with Crippen molar-refractivity contribution in [2.75, 3.05) is 18.4 Å². The Labute approximate surface area is 142 Å². The maximum Gasteiger partial charge on any atom is 0.246 e. The van der Waals surface area contributed by atoms with E-state index in [1.165, 1.54) is 0 Å². The number of rotatable bonds is 7. The van der Waals surface area contributed by atoms with Gasteiger partial charge in [-0.05, 0) is 43.8 Å². The molecular formula is C16H22ClN3OS. The van der Waals surface area contributed by atoms with Gasteiger partial charge in [-0.1, -0.05) is 30.7 Å². The van der Waals surface area contributed by atoms with E-state index in [9.17, 15) is 4.79 Å². The summed E-state index contributed by atoms with van der Waals surface area (Å²) >= 11 is 11.3. The Morgan fingerprint density at radius 2 is 2.27 bits per heavy atom. The summed E-state index contributed by atoms with van der Waals surface area (Å²) < 4.78 is 0. The lowest BCUT2D eigenvalue weighted by atomic mass is 10.2.